The smallest absolute Gasteiger partial charge is 0.417 e. The second kappa shape index (κ2) is 5.43. The van der Waals surface area contributed by atoms with Crippen molar-refractivity contribution in [3.05, 3.63) is 47.7 Å². The summed E-state index contributed by atoms with van der Waals surface area (Å²) in [6.45, 7) is 0. The highest BCUT2D eigenvalue weighted by molar-refractivity contribution is 5.95. The number of benzene rings is 1. The maximum Gasteiger partial charge on any atom is 0.417 e. The number of carboxylic acids is 1. The van der Waals surface area contributed by atoms with Gasteiger partial charge in [0.2, 0.25) is 0 Å². The molecule has 0 spiro atoms. The average Bonchev–Trinajstić information content (AvgIpc) is 2.45. The summed E-state index contributed by atoms with van der Waals surface area (Å²) in [5, 5.41) is 9.13. The predicted octanol–water partition coefficient (Wildman–Crippen LogP) is 3.47. The minimum atomic E-state index is -4.66. The summed E-state index contributed by atoms with van der Waals surface area (Å²) < 4.78 is 43.0. The molecule has 0 radical (unpaired) electrons. The van der Waals surface area contributed by atoms with E-state index in [-0.39, 0.29) is 5.69 Å². The number of aromatic nitrogens is 1. The Hall–Kier alpha value is -2.57. The number of alkyl halides is 3. The number of carboxylic acid groups (broad SMARTS) is 1. The Kier molecular flexibility index (Phi) is 3.84. The highest BCUT2D eigenvalue weighted by atomic mass is 19.4. The molecule has 0 saturated heterocycles. The summed E-state index contributed by atoms with van der Waals surface area (Å²) in [5.41, 5.74) is -1.41. The van der Waals surface area contributed by atoms with Crippen molar-refractivity contribution in [2.45, 2.75) is 6.18 Å². The van der Waals surface area contributed by atoms with E-state index in [2.05, 4.69) is 4.98 Å². The summed E-state index contributed by atoms with van der Waals surface area (Å²) in [6, 6.07) is 6.94. The molecular weight excluding hydrogens is 287 g/mol. The topological polar surface area (TPSA) is 59.4 Å². The van der Waals surface area contributed by atoms with Gasteiger partial charge in [-0.15, -0.1) is 0 Å². The van der Waals surface area contributed by atoms with Crippen LogP contribution in [-0.2, 0) is 6.18 Å². The number of nitrogens with zero attached hydrogens (tertiary/aromatic N) is 1. The number of hydrogen-bond donors (Lipinski definition) is 1. The number of ether oxygens (including phenoxy) is 1. The fraction of sp³-hybridized carbons (Fsp3) is 0.143. The van der Waals surface area contributed by atoms with Gasteiger partial charge >= 0.3 is 12.1 Å². The first-order valence-corrected chi connectivity index (χ1v) is 5.78. The fourth-order valence-electron chi connectivity index (χ4n) is 1.84. The lowest BCUT2D eigenvalue weighted by Gasteiger charge is -2.12. The number of aromatic carboxylic acids is 1. The van der Waals surface area contributed by atoms with Crippen molar-refractivity contribution >= 4 is 5.97 Å². The number of para-hydroxylation sites is 1. The number of pyridine rings is 1. The van der Waals surface area contributed by atoms with E-state index >= 15 is 0 Å². The maximum absolute atomic E-state index is 12.7. The normalized spacial score (nSPS) is 11.2. The molecule has 0 saturated carbocycles. The summed E-state index contributed by atoms with van der Waals surface area (Å²) in [6.07, 6.45) is -4.05. The number of methoxy groups -OCH3 is 1. The molecule has 0 aliphatic carbocycles. The van der Waals surface area contributed by atoms with Crippen molar-refractivity contribution in [3.8, 4) is 17.0 Å². The lowest BCUT2D eigenvalue weighted by atomic mass is 10.0. The van der Waals surface area contributed by atoms with Gasteiger partial charge in [0.15, 0.2) is 0 Å². The molecule has 0 amide bonds. The van der Waals surface area contributed by atoms with Gasteiger partial charge < -0.3 is 9.84 Å². The van der Waals surface area contributed by atoms with E-state index in [4.69, 9.17) is 9.84 Å². The molecule has 2 rings (SSSR count). The summed E-state index contributed by atoms with van der Waals surface area (Å²) in [4.78, 5) is 14.9. The van der Waals surface area contributed by atoms with E-state index in [0.29, 0.717) is 23.6 Å². The molecule has 0 unspecified atom stereocenters. The van der Waals surface area contributed by atoms with Crippen LogP contribution in [0.15, 0.2) is 36.5 Å². The van der Waals surface area contributed by atoms with Crippen LogP contribution in [0.4, 0.5) is 13.2 Å². The summed E-state index contributed by atoms with van der Waals surface area (Å²) >= 11 is 0. The third-order valence-corrected chi connectivity index (χ3v) is 2.81. The van der Waals surface area contributed by atoms with E-state index in [1.807, 2.05) is 0 Å². The van der Waals surface area contributed by atoms with E-state index < -0.39 is 23.3 Å². The third kappa shape index (κ3) is 2.96. The molecule has 0 fully saturated rings. The Morgan fingerprint density at radius 2 is 1.95 bits per heavy atom. The highest BCUT2D eigenvalue weighted by Crippen LogP contribution is 2.34. The second-order valence-corrected chi connectivity index (χ2v) is 4.12. The minimum Gasteiger partial charge on any atom is -0.496 e. The molecule has 0 bridgehead atoms. The molecule has 0 aliphatic heterocycles. The predicted molar refractivity (Wildman–Crippen MR) is 68.2 cm³/mol. The maximum atomic E-state index is 12.7. The SMILES string of the molecule is COc1ccccc1-c1ncc(C(F)(F)F)cc1C(=O)O. The Morgan fingerprint density at radius 1 is 1.29 bits per heavy atom. The van der Waals surface area contributed by atoms with Crippen molar-refractivity contribution in [3.63, 3.8) is 0 Å². The van der Waals surface area contributed by atoms with Gasteiger partial charge in [-0.2, -0.15) is 13.2 Å². The van der Waals surface area contributed by atoms with E-state index in [9.17, 15) is 18.0 Å². The molecule has 0 aliphatic rings. The molecule has 2 aromatic rings. The van der Waals surface area contributed by atoms with Crippen molar-refractivity contribution in [2.75, 3.05) is 7.11 Å². The van der Waals surface area contributed by atoms with Gasteiger partial charge in [-0.1, -0.05) is 12.1 Å². The first-order valence-electron chi connectivity index (χ1n) is 5.78. The van der Waals surface area contributed by atoms with Crippen LogP contribution in [0.5, 0.6) is 5.75 Å². The van der Waals surface area contributed by atoms with Gasteiger partial charge in [-0.25, -0.2) is 4.79 Å². The molecule has 4 nitrogen and oxygen atoms in total. The second-order valence-electron chi connectivity index (χ2n) is 4.12. The molecule has 1 aromatic heterocycles. The van der Waals surface area contributed by atoms with Crippen molar-refractivity contribution in [1.29, 1.82) is 0 Å². The minimum absolute atomic E-state index is 0.0760. The zero-order valence-electron chi connectivity index (χ0n) is 10.8. The van der Waals surface area contributed by atoms with Crippen LogP contribution in [0.2, 0.25) is 0 Å². The van der Waals surface area contributed by atoms with Gasteiger partial charge in [0.05, 0.1) is 23.9 Å². The molecule has 21 heavy (non-hydrogen) atoms. The first-order chi connectivity index (χ1) is 9.84. The summed E-state index contributed by atoms with van der Waals surface area (Å²) in [5.74, 6) is -1.17. The van der Waals surface area contributed by atoms with Gasteiger partial charge in [0.1, 0.15) is 5.75 Å². The van der Waals surface area contributed by atoms with E-state index in [1.54, 1.807) is 18.2 Å². The quantitative estimate of drug-likeness (QED) is 0.942. The van der Waals surface area contributed by atoms with Crippen molar-refractivity contribution in [1.82, 2.24) is 4.98 Å². The zero-order chi connectivity index (χ0) is 15.6. The van der Waals surface area contributed by atoms with E-state index in [1.165, 1.54) is 13.2 Å². The van der Waals surface area contributed by atoms with Crippen LogP contribution in [0.25, 0.3) is 11.3 Å². The van der Waals surface area contributed by atoms with Gasteiger partial charge in [0, 0.05) is 11.8 Å². The Morgan fingerprint density at radius 3 is 2.52 bits per heavy atom. The first kappa shape index (κ1) is 14.8. The van der Waals surface area contributed by atoms with Gasteiger partial charge in [-0.05, 0) is 18.2 Å². The van der Waals surface area contributed by atoms with Gasteiger partial charge in [-0.3, -0.25) is 4.98 Å². The molecule has 1 aromatic carbocycles. The number of hydrogen-bond acceptors (Lipinski definition) is 3. The molecule has 1 N–H and O–H groups in total. The molecule has 0 atom stereocenters. The van der Waals surface area contributed by atoms with Gasteiger partial charge in [0.25, 0.3) is 0 Å². The van der Waals surface area contributed by atoms with Crippen LogP contribution >= 0.6 is 0 Å². The molecule has 7 heteroatoms. The zero-order valence-corrected chi connectivity index (χ0v) is 10.8. The van der Waals surface area contributed by atoms with Crippen LogP contribution < -0.4 is 4.74 Å². The average molecular weight is 297 g/mol. The standard InChI is InChI=1S/C14H10F3NO3/c1-21-11-5-3-2-4-9(11)12-10(13(19)20)6-8(7-18-12)14(15,16)17/h2-7H,1H3,(H,19,20). The Labute approximate surface area is 117 Å². The third-order valence-electron chi connectivity index (χ3n) is 2.81. The lowest BCUT2D eigenvalue weighted by Crippen LogP contribution is -2.10. The molecular formula is C14H10F3NO3. The lowest BCUT2D eigenvalue weighted by molar-refractivity contribution is -0.137. The van der Waals surface area contributed by atoms with Crippen LogP contribution in [0.1, 0.15) is 15.9 Å². The van der Waals surface area contributed by atoms with Crippen LogP contribution in [-0.4, -0.2) is 23.2 Å². The van der Waals surface area contributed by atoms with Crippen molar-refractivity contribution < 1.29 is 27.8 Å². The molecule has 1 heterocycles. The van der Waals surface area contributed by atoms with Crippen molar-refractivity contribution in [2.24, 2.45) is 0 Å². The number of rotatable bonds is 3. The largest absolute Gasteiger partial charge is 0.496 e. The van der Waals surface area contributed by atoms with E-state index in [0.717, 1.165) is 0 Å². The van der Waals surface area contributed by atoms with Crippen LogP contribution in [0, 0.1) is 0 Å². The number of carbonyl (C=O) groups is 1. The highest BCUT2D eigenvalue weighted by Gasteiger charge is 2.33. The monoisotopic (exact) mass is 297 g/mol. The van der Waals surface area contributed by atoms with Crippen LogP contribution in [0.3, 0.4) is 0 Å². The molecule has 110 valence electrons. The Balaban J connectivity index is 2.67. The number of halogens is 3. The summed E-state index contributed by atoms with van der Waals surface area (Å²) in [7, 11) is 1.38. The fourth-order valence-corrected chi connectivity index (χ4v) is 1.84. The Bertz CT molecular complexity index is 683.